The molecular formula is C92H152O12. The molecule has 14 unspecified atom stereocenters. The molecule has 104 heavy (non-hydrogen) atoms. The van der Waals surface area contributed by atoms with Crippen molar-refractivity contribution in [1.29, 1.82) is 0 Å². The topological polar surface area (TPSA) is 158 Å². The fraction of sp³-hybridized carbons (Fsp3) is 0.870. The van der Waals surface area contributed by atoms with E-state index in [1.165, 1.54) is 147 Å². The van der Waals surface area contributed by atoms with Gasteiger partial charge in [-0.25, -0.2) is 0 Å². The van der Waals surface area contributed by atoms with Crippen molar-refractivity contribution in [3.05, 3.63) is 35.9 Å². The van der Waals surface area contributed by atoms with Crippen molar-refractivity contribution in [3.63, 3.8) is 0 Å². The third-order valence-electron chi connectivity index (χ3n) is 30.7. The van der Waals surface area contributed by atoms with Gasteiger partial charge in [-0.2, -0.15) is 0 Å². The molecular weight excluding hydrogens is 1300 g/mol. The lowest BCUT2D eigenvalue weighted by Gasteiger charge is -2.37. The number of fused-ring (bicyclic) bond motifs is 4. The van der Waals surface area contributed by atoms with E-state index < -0.39 is 5.41 Å². The molecule has 0 N–H and O–H groups in total. The molecule has 0 amide bonds. The van der Waals surface area contributed by atoms with Crippen LogP contribution in [0.15, 0.2) is 30.3 Å². The Kier molecular flexibility index (Phi) is 26.8. The second kappa shape index (κ2) is 32.5. The molecule has 1 aromatic carbocycles. The maximum Gasteiger partial charge on any atom is 0.312 e. The maximum atomic E-state index is 12.6. The normalized spacial score (nSPS) is 34.1. The second-order valence-electron chi connectivity index (χ2n) is 40.5. The Morgan fingerprint density at radius 3 is 1.05 bits per heavy atom. The molecule has 0 heterocycles. The van der Waals surface area contributed by atoms with Gasteiger partial charge in [0.2, 0.25) is 0 Å². The van der Waals surface area contributed by atoms with E-state index in [1.54, 1.807) is 0 Å². The molecule has 0 aliphatic heterocycles. The molecule has 1 aromatic rings. The summed E-state index contributed by atoms with van der Waals surface area (Å²) in [6.07, 6.45) is 40.2. The molecule has 592 valence electrons. The number of ether oxygens (including phenoxy) is 6. The Balaban J connectivity index is 0.000000158. The molecule has 13 rings (SSSR count). The summed E-state index contributed by atoms with van der Waals surface area (Å²) >= 11 is 0. The Bertz CT molecular complexity index is 3090. The van der Waals surface area contributed by atoms with Gasteiger partial charge in [0, 0.05) is 34.5 Å². The highest BCUT2D eigenvalue weighted by Crippen LogP contribution is 2.68. The van der Waals surface area contributed by atoms with Gasteiger partial charge >= 0.3 is 35.8 Å². The van der Waals surface area contributed by atoms with Crippen LogP contribution in [0.3, 0.4) is 0 Å². The first-order valence-corrected chi connectivity index (χ1v) is 42.9. The van der Waals surface area contributed by atoms with Crippen LogP contribution in [0, 0.1) is 90.7 Å². The van der Waals surface area contributed by atoms with Gasteiger partial charge in [0.25, 0.3) is 0 Å². The predicted octanol–water partition coefficient (Wildman–Crippen LogP) is 23.9. The predicted molar refractivity (Wildman–Crippen MR) is 418 cm³/mol. The monoisotopic (exact) mass is 1450 g/mol. The fourth-order valence-electron chi connectivity index (χ4n) is 18.6. The summed E-state index contributed by atoms with van der Waals surface area (Å²) in [5.74, 6) is 5.68. The molecule has 12 aliphatic rings. The molecule has 14 atom stereocenters. The number of hydrogen-bond acceptors (Lipinski definition) is 12. The average molecular weight is 1450 g/mol. The van der Waals surface area contributed by atoms with Gasteiger partial charge in [-0.1, -0.05) is 111 Å². The van der Waals surface area contributed by atoms with Gasteiger partial charge in [0.1, 0.15) is 33.6 Å². The molecule has 2 spiro atoms. The van der Waals surface area contributed by atoms with E-state index in [4.69, 9.17) is 28.4 Å². The molecule has 0 bridgehead atoms. The standard InChI is InChI=1S/C18H24O2.C16H28O2.2C15H26O2.2C14H24O2/c1-4-17(2,3)16(19)20-18(11-10-13-12-15(13)18)14-8-6-5-7-9-14;1-5-15(2,3)14(17)18-16(4)10-8-6-7-9-12-11-13(12)16;1-5-14(2,3)13(16)17-15(4)9-7-6-8-11-10-12(11)15;1-5-13(3,4)12(16)17-15(6-2)9-7-8-14(15)10-11-14;1-5-12(2,3)11(15)16-13(4)7-6-8-14(13)9-10-14;1-5-13(2,3)12(15)16-14(4)8-6-7-10-9-11(10)14/h5-9,13,15H,4,10-12H2,1-3H3;12-13H,5-11H2,1-4H3;11-12H,5-10H2,1-4H3;5-11H2,1-4H3;5-10H2,1-4H3;10-11H,5-9H2,1-4H3. The Morgan fingerprint density at radius 2 is 0.663 bits per heavy atom. The lowest BCUT2D eigenvalue weighted by molar-refractivity contribution is -0.178. The second-order valence-corrected chi connectivity index (χ2v) is 40.5. The SMILES string of the molecule is CCC(C)(C)C(=O)OC1(C)CCCC12CC2.CCC(C)(C)C(=O)OC1(C)CCCC2CC21.CCC(C)(C)C(=O)OC1(C)CCCCC2CC21.CCC(C)(C)C(=O)OC1(C)CCCCCC2CC21.CCC(C)(C)C(=O)OC1(CC)CCCC12CC2.CCC(C)(C)C(=O)OC1(c2ccccc2)CCC2CC21. The van der Waals surface area contributed by atoms with E-state index in [1.807, 2.05) is 122 Å². The highest BCUT2D eigenvalue weighted by Gasteiger charge is 2.66. The molecule has 12 fully saturated rings. The largest absolute Gasteiger partial charge is 0.459 e. The maximum absolute atomic E-state index is 12.6. The van der Waals surface area contributed by atoms with Crippen LogP contribution in [0.4, 0.5) is 0 Å². The first-order chi connectivity index (χ1) is 48.4. The Morgan fingerprint density at radius 1 is 0.327 bits per heavy atom. The fourth-order valence-corrected chi connectivity index (χ4v) is 18.6. The first kappa shape index (κ1) is 85.6. The van der Waals surface area contributed by atoms with Crippen LogP contribution in [0.2, 0.25) is 0 Å². The minimum Gasteiger partial charge on any atom is -0.459 e. The van der Waals surface area contributed by atoms with E-state index in [0.29, 0.717) is 34.5 Å². The molecule has 12 saturated carbocycles. The van der Waals surface area contributed by atoms with E-state index in [2.05, 4.69) is 67.5 Å². The van der Waals surface area contributed by atoms with Crippen LogP contribution < -0.4 is 0 Å². The lowest BCUT2D eigenvalue weighted by Crippen LogP contribution is -2.43. The summed E-state index contributed by atoms with van der Waals surface area (Å²) in [6, 6.07) is 10.4. The number of esters is 6. The number of rotatable bonds is 20. The zero-order chi connectivity index (χ0) is 77.2. The minimum absolute atomic E-state index is 0.00118. The van der Waals surface area contributed by atoms with Crippen molar-refractivity contribution < 1.29 is 57.2 Å². The molecule has 0 aromatic heterocycles. The molecule has 12 aliphatic carbocycles. The van der Waals surface area contributed by atoms with Crippen LogP contribution in [-0.2, 0) is 62.8 Å². The molecule has 0 radical (unpaired) electrons. The van der Waals surface area contributed by atoms with Crippen molar-refractivity contribution in [2.24, 2.45) is 90.7 Å². The summed E-state index contributed by atoms with van der Waals surface area (Å²) in [7, 11) is 0. The molecule has 12 heteroatoms. The number of hydrogen-bond donors (Lipinski definition) is 0. The zero-order valence-electron chi connectivity index (χ0n) is 70.7. The molecule has 0 saturated heterocycles. The van der Waals surface area contributed by atoms with Crippen LogP contribution in [0.5, 0.6) is 0 Å². The van der Waals surface area contributed by atoms with Crippen molar-refractivity contribution in [2.75, 3.05) is 0 Å². The first-order valence-electron chi connectivity index (χ1n) is 42.9. The number of carbonyl (C=O) groups is 6. The van der Waals surface area contributed by atoms with Crippen molar-refractivity contribution in [3.8, 4) is 0 Å². The summed E-state index contributed by atoms with van der Waals surface area (Å²) in [6.45, 7) is 46.9. The summed E-state index contributed by atoms with van der Waals surface area (Å²) in [4.78, 5) is 73.7. The molecule has 12 nitrogen and oxygen atoms in total. The lowest BCUT2D eigenvalue weighted by atomic mass is 9.83. The van der Waals surface area contributed by atoms with Crippen molar-refractivity contribution in [1.82, 2.24) is 0 Å². The highest BCUT2D eigenvalue weighted by molar-refractivity contribution is 5.79. The van der Waals surface area contributed by atoms with Crippen molar-refractivity contribution in [2.45, 2.75) is 418 Å². The number of benzene rings is 1. The summed E-state index contributed by atoms with van der Waals surface area (Å²) in [5, 5.41) is 0. The summed E-state index contributed by atoms with van der Waals surface area (Å²) < 4.78 is 35.9. The van der Waals surface area contributed by atoms with E-state index in [-0.39, 0.29) is 96.5 Å². The van der Waals surface area contributed by atoms with Crippen LogP contribution in [0.25, 0.3) is 0 Å². The smallest absolute Gasteiger partial charge is 0.312 e. The average Bonchev–Trinajstić information content (AvgIpc) is 1.57. The number of carbonyl (C=O) groups excluding carboxylic acids is 6. The van der Waals surface area contributed by atoms with Gasteiger partial charge in [0.15, 0.2) is 0 Å². The van der Waals surface area contributed by atoms with Crippen molar-refractivity contribution >= 4 is 35.8 Å². The van der Waals surface area contributed by atoms with Crippen LogP contribution in [0.1, 0.15) is 390 Å². The van der Waals surface area contributed by atoms with Gasteiger partial charge in [-0.15, -0.1) is 0 Å². The highest BCUT2D eigenvalue weighted by atomic mass is 16.6. The Hall–Kier alpha value is -3.96. The van der Waals surface area contributed by atoms with E-state index >= 15 is 0 Å². The van der Waals surface area contributed by atoms with Crippen LogP contribution >= 0.6 is 0 Å². The summed E-state index contributed by atoms with van der Waals surface area (Å²) in [5.41, 5.74) is -1.33. The minimum atomic E-state index is -0.394. The van der Waals surface area contributed by atoms with E-state index in [0.717, 1.165) is 107 Å². The van der Waals surface area contributed by atoms with Crippen LogP contribution in [-0.4, -0.2) is 63.8 Å². The third-order valence-corrected chi connectivity index (χ3v) is 30.7. The zero-order valence-corrected chi connectivity index (χ0v) is 70.7. The van der Waals surface area contributed by atoms with Gasteiger partial charge in [-0.05, 0) is 333 Å². The Labute approximate surface area is 633 Å². The van der Waals surface area contributed by atoms with Gasteiger partial charge < -0.3 is 28.4 Å². The quantitative estimate of drug-likeness (QED) is 0.0900. The van der Waals surface area contributed by atoms with E-state index in [9.17, 15) is 28.8 Å². The third kappa shape index (κ3) is 19.2. The van der Waals surface area contributed by atoms with Gasteiger partial charge in [0.05, 0.1) is 32.5 Å². The van der Waals surface area contributed by atoms with Gasteiger partial charge in [-0.3, -0.25) is 28.8 Å².